The van der Waals surface area contributed by atoms with Crippen molar-refractivity contribution in [3.63, 3.8) is 0 Å². The molecule has 0 atom stereocenters. The number of rotatable bonds is 5. The van der Waals surface area contributed by atoms with Crippen LogP contribution >= 0.6 is 0 Å². The lowest BCUT2D eigenvalue weighted by molar-refractivity contribution is 0.0438. The van der Waals surface area contributed by atoms with E-state index < -0.39 is 5.97 Å². The molecule has 6 nitrogen and oxygen atoms in total. The summed E-state index contributed by atoms with van der Waals surface area (Å²) in [4.78, 5) is 12.0. The number of aryl methyl sites for hydroxylation is 1. The van der Waals surface area contributed by atoms with Gasteiger partial charge in [0.1, 0.15) is 5.75 Å². The van der Waals surface area contributed by atoms with Crippen LogP contribution in [0.2, 0.25) is 0 Å². The number of benzene rings is 2. The van der Waals surface area contributed by atoms with E-state index in [0.717, 1.165) is 11.1 Å². The number of aromatic nitrogens is 2. The van der Waals surface area contributed by atoms with E-state index in [9.17, 15) is 4.79 Å². The zero-order valence-electron chi connectivity index (χ0n) is 13.4. The Morgan fingerprint density at radius 2 is 1.92 bits per heavy atom. The Morgan fingerprint density at radius 1 is 1.12 bits per heavy atom. The molecule has 0 spiro atoms. The first kappa shape index (κ1) is 15.7. The molecule has 0 aliphatic heterocycles. The molecule has 1 heterocycles. The molecule has 0 aliphatic carbocycles. The van der Waals surface area contributed by atoms with Crippen LogP contribution < -0.4 is 4.74 Å². The molecule has 0 saturated carbocycles. The van der Waals surface area contributed by atoms with Gasteiger partial charge in [-0.05, 0) is 43.3 Å². The van der Waals surface area contributed by atoms with Gasteiger partial charge in [-0.2, -0.15) is 0 Å². The predicted octanol–water partition coefficient (Wildman–Crippen LogP) is 3.41. The van der Waals surface area contributed by atoms with Gasteiger partial charge in [0, 0.05) is 5.56 Å². The monoisotopic (exact) mass is 324 g/mol. The maximum absolute atomic E-state index is 12.0. The van der Waals surface area contributed by atoms with E-state index in [1.807, 2.05) is 31.2 Å². The number of carbonyl (C=O) groups is 1. The van der Waals surface area contributed by atoms with Gasteiger partial charge in [-0.1, -0.05) is 17.7 Å². The lowest BCUT2D eigenvalue weighted by Gasteiger charge is -2.03. The van der Waals surface area contributed by atoms with E-state index in [-0.39, 0.29) is 12.5 Å². The topological polar surface area (TPSA) is 74.5 Å². The van der Waals surface area contributed by atoms with Crippen molar-refractivity contribution in [2.24, 2.45) is 0 Å². The molecule has 0 unspecified atom stereocenters. The minimum atomic E-state index is -0.465. The number of hydrogen-bond acceptors (Lipinski definition) is 6. The molecule has 3 aromatic rings. The third kappa shape index (κ3) is 3.60. The highest BCUT2D eigenvalue weighted by Crippen LogP contribution is 2.19. The Balaban J connectivity index is 1.63. The number of carbonyl (C=O) groups excluding carboxylic acids is 1. The zero-order chi connectivity index (χ0) is 16.9. The van der Waals surface area contributed by atoms with Gasteiger partial charge in [-0.3, -0.25) is 0 Å². The summed E-state index contributed by atoms with van der Waals surface area (Å²) >= 11 is 0. The molecule has 0 bridgehead atoms. The molecule has 0 aliphatic rings. The fourth-order valence-electron chi connectivity index (χ4n) is 2.14. The lowest BCUT2D eigenvalue weighted by Crippen LogP contribution is -2.05. The molecule has 0 radical (unpaired) electrons. The van der Waals surface area contributed by atoms with E-state index in [0.29, 0.717) is 17.2 Å². The maximum atomic E-state index is 12.0. The third-order valence-corrected chi connectivity index (χ3v) is 3.38. The van der Waals surface area contributed by atoms with E-state index in [1.165, 1.54) is 0 Å². The Morgan fingerprint density at radius 3 is 2.62 bits per heavy atom. The second-order valence-corrected chi connectivity index (χ2v) is 5.18. The van der Waals surface area contributed by atoms with E-state index in [4.69, 9.17) is 13.9 Å². The number of hydrogen-bond donors (Lipinski definition) is 0. The Kier molecular flexibility index (Phi) is 4.56. The van der Waals surface area contributed by atoms with Crippen LogP contribution in [0.5, 0.6) is 5.75 Å². The highest BCUT2D eigenvalue weighted by molar-refractivity contribution is 5.89. The SMILES string of the molecule is COc1ccc(C(=O)OCc2nnc(-c3cccc(C)c3)o2)cc1. The van der Waals surface area contributed by atoms with Crippen LogP contribution in [0.25, 0.3) is 11.5 Å². The summed E-state index contributed by atoms with van der Waals surface area (Å²) in [5.41, 5.74) is 2.35. The Hall–Kier alpha value is -3.15. The minimum absolute atomic E-state index is 0.0797. The van der Waals surface area contributed by atoms with Gasteiger partial charge in [0.05, 0.1) is 12.7 Å². The second kappa shape index (κ2) is 6.95. The average Bonchev–Trinajstić information content (AvgIpc) is 3.09. The summed E-state index contributed by atoms with van der Waals surface area (Å²) in [6.07, 6.45) is 0. The van der Waals surface area contributed by atoms with Crippen LogP contribution in [0.4, 0.5) is 0 Å². The summed E-state index contributed by atoms with van der Waals surface area (Å²) in [5.74, 6) is 0.849. The first-order valence-electron chi connectivity index (χ1n) is 7.36. The first-order valence-corrected chi connectivity index (χ1v) is 7.36. The first-order chi connectivity index (χ1) is 11.7. The molecular formula is C18H16N2O4. The average molecular weight is 324 g/mol. The number of methoxy groups -OCH3 is 1. The standard InChI is InChI=1S/C18H16N2O4/c1-12-4-3-5-14(10-12)17-20-19-16(24-17)11-23-18(21)13-6-8-15(22-2)9-7-13/h3-10H,11H2,1-2H3. The largest absolute Gasteiger partial charge is 0.497 e. The number of nitrogens with zero attached hydrogens (tertiary/aromatic N) is 2. The second-order valence-electron chi connectivity index (χ2n) is 5.18. The minimum Gasteiger partial charge on any atom is -0.497 e. The Bertz CT molecular complexity index is 840. The molecule has 3 rings (SSSR count). The van der Waals surface area contributed by atoms with Crippen molar-refractivity contribution >= 4 is 5.97 Å². The third-order valence-electron chi connectivity index (χ3n) is 3.38. The molecule has 0 N–H and O–H groups in total. The molecule has 6 heteroatoms. The Labute approximate surface area is 139 Å². The fraction of sp³-hybridized carbons (Fsp3) is 0.167. The molecule has 0 amide bonds. The molecule has 24 heavy (non-hydrogen) atoms. The van der Waals surface area contributed by atoms with Crippen LogP contribution in [0, 0.1) is 6.92 Å². The summed E-state index contributed by atoms with van der Waals surface area (Å²) in [6, 6.07) is 14.4. The zero-order valence-corrected chi connectivity index (χ0v) is 13.4. The van der Waals surface area contributed by atoms with E-state index >= 15 is 0 Å². The smallest absolute Gasteiger partial charge is 0.338 e. The molecular weight excluding hydrogens is 308 g/mol. The van der Waals surface area contributed by atoms with Crippen LogP contribution in [0.3, 0.4) is 0 Å². The predicted molar refractivity (Wildman–Crippen MR) is 86.6 cm³/mol. The highest BCUT2D eigenvalue weighted by Gasteiger charge is 2.12. The van der Waals surface area contributed by atoms with Crippen LogP contribution in [-0.2, 0) is 11.3 Å². The molecule has 0 saturated heterocycles. The van der Waals surface area contributed by atoms with Crippen molar-refractivity contribution < 1.29 is 18.7 Å². The summed E-state index contributed by atoms with van der Waals surface area (Å²) in [7, 11) is 1.56. The lowest BCUT2D eigenvalue weighted by atomic mass is 10.1. The molecule has 0 fully saturated rings. The molecule has 122 valence electrons. The van der Waals surface area contributed by atoms with Gasteiger partial charge in [-0.15, -0.1) is 10.2 Å². The van der Waals surface area contributed by atoms with Crippen molar-refractivity contribution in [2.75, 3.05) is 7.11 Å². The van der Waals surface area contributed by atoms with Crippen molar-refractivity contribution in [3.05, 3.63) is 65.5 Å². The van der Waals surface area contributed by atoms with Crippen LogP contribution in [-0.4, -0.2) is 23.3 Å². The van der Waals surface area contributed by atoms with E-state index in [2.05, 4.69) is 10.2 Å². The van der Waals surface area contributed by atoms with Crippen molar-refractivity contribution in [1.29, 1.82) is 0 Å². The van der Waals surface area contributed by atoms with Crippen molar-refractivity contribution in [2.45, 2.75) is 13.5 Å². The summed E-state index contributed by atoms with van der Waals surface area (Å²) < 4.78 is 15.8. The van der Waals surface area contributed by atoms with Gasteiger partial charge < -0.3 is 13.9 Å². The van der Waals surface area contributed by atoms with Gasteiger partial charge in [0.25, 0.3) is 5.89 Å². The van der Waals surface area contributed by atoms with Crippen molar-refractivity contribution in [1.82, 2.24) is 10.2 Å². The molecule has 2 aromatic carbocycles. The normalized spacial score (nSPS) is 10.4. The fourth-order valence-corrected chi connectivity index (χ4v) is 2.14. The van der Waals surface area contributed by atoms with Crippen LogP contribution in [0.1, 0.15) is 21.8 Å². The maximum Gasteiger partial charge on any atom is 0.338 e. The summed E-state index contributed by atoms with van der Waals surface area (Å²) in [6.45, 7) is 1.90. The highest BCUT2D eigenvalue weighted by atomic mass is 16.5. The van der Waals surface area contributed by atoms with Gasteiger partial charge in [0.15, 0.2) is 6.61 Å². The molecule has 1 aromatic heterocycles. The summed E-state index contributed by atoms with van der Waals surface area (Å²) in [5, 5.41) is 7.88. The number of esters is 1. The number of ether oxygens (including phenoxy) is 2. The van der Waals surface area contributed by atoms with Gasteiger partial charge in [-0.25, -0.2) is 4.79 Å². The van der Waals surface area contributed by atoms with Crippen LogP contribution in [0.15, 0.2) is 52.9 Å². The van der Waals surface area contributed by atoms with E-state index in [1.54, 1.807) is 31.4 Å². The quantitative estimate of drug-likeness (QED) is 0.670. The van der Waals surface area contributed by atoms with Gasteiger partial charge in [0.2, 0.25) is 5.89 Å². The van der Waals surface area contributed by atoms with Gasteiger partial charge >= 0.3 is 5.97 Å². The van der Waals surface area contributed by atoms with Crippen molar-refractivity contribution in [3.8, 4) is 17.2 Å².